The number of aromatic nitrogens is 1. The topological polar surface area (TPSA) is 127 Å². The lowest BCUT2D eigenvalue weighted by Crippen LogP contribution is -2.32. The number of nitrogens with two attached hydrogens (primary N) is 1. The van der Waals surface area contributed by atoms with Gasteiger partial charge < -0.3 is 15.4 Å². The highest BCUT2D eigenvalue weighted by atomic mass is 32.2. The van der Waals surface area contributed by atoms with Crippen molar-refractivity contribution in [3.8, 4) is 0 Å². The number of hydrogen-bond donors (Lipinski definition) is 2. The van der Waals surface area contributed by atoms with Gasteiger partial charge in [-0.3, -0.25) is 9.52 Å². The number of nitrogens with zero attached hydrogens (tertiary/aromatic N) is 3. The van der Waals surface area contributed by atoms with Crippen LogP contribution in [0.25, 0.3) is 6.08 Å². The molecule has 1 fully saturated rings. The standard InChI is InChI=1S/C25H37N5O4S/c1-6-7-14-35(32,33)29-20(4)25(34-5)27-16-18(2)12-13-22-19(3)28-24(26)15-23(22)30(17-31)21-10-8-9-11-21/h12-13,15-17,21,29H,2,6-11,14H2,1,3-5H3,(H2,26,28)/b13-12+,25-20-,27-16-. The van der Waals surface area contributed by atoms with Crippen LogP contribution in [-0.4, -0.2) is 44.9 Å². The number of ether oxygens (including phenoxy) is 1. The summed E-state index contributed by atoms with van der Waals surface area (Å²) in [6.07, 6.45) is 11.4. The Balaban J connectivity index is 2.25. The van der Waals surface area contributed by atoms with Crippen LogP contribution in [0.5, 0.6) is 0 Å². The Hall–Kier alpha value is -3.14. The van der Waals surface area contributed by atoms with E-state index in [1.165, 1.54) is 13.3 Å². The molecule has 192 valence electrons. The van der Waals surface area contributed by atoms with Crippen LogP contribution in [-0.2, 0) is 19.6 Å². The van der Waals surface area contributed by atoms with Gasteiger partial charge in [0.2, 0.25) is 22.3 Å². The summed E-state index contributed by atoms with van der Waals surface area (Å²) in [5, 5.41) is 0. The number of unbranched alkanes of at least 4 members (excludes halogenated alkanes) is 1. The molecule has 3 N–H and O–H groups in total. The summed E-state index contributed by atoms with van der Waals surface area (Å²) in [6.45, 7) is 9.35. The number of hydrogen-bond acceptors (Lipinski definition) is 7. The van der Waals surface area contributed by atoms with Crippen molar-refractivity contribution in [1.82, 2.24) is 9.71 Å². The van der Waals surface area contributed by atoms with Gasteiger partial charge in [-0.25, -0.2) is 18.4 Å². The maximum atomic E-state index is 12.2. The molecule has 0 aromatic carbocycles. The predicted molar refractivity (Wildman–Crippen MR) is 142 cm³/mol. The number of allylic oxidation sites excluding steroid dienone is 3. The third kappa shape index (κ3) is 8.24. The average molecular weight is 504 g/mol. The molecule has 0 aliphatic heterocycles. The van der Waals surface area contributed by atoms with Crippen molar-refractivity contribution < 1.29 is 17.9 Å². The molecule has 0 spiro atoms. The van der Waals surface area contributed by atoms with Gasteiger partial charge in [0.1, 0.15) is 5.82 Å². The van der Waals surface area contributed by atoms with E-state index in [0.717, 1.165) is 44.1 Å². The summed E-state index contributed by atoms with van der Waals surface area (Å²) < 4.78 is 32.1. The van der Waals surface area contributed by atoms with E-state index in [0.29, 0.717) is 29.2 Å². The minimum absolute atomic E-state index is 0.0347. The van der Waals surface area contributed by atoms with Gasteiger partial charge in [0.15, 0.2) is 0 Å². The van der Waals surface area contributed by atoms with Crippen molar-refractivity contribution >= 4 is 40.2 Å². The summed E-state index contributed by atoms with van der Waals surface area (Å²) in [4.78, 5) is 22.3. The summed E-state index contributed by atoms with van der Waals surface area (Å²) in [7, 11) is -2.04. The van der Waals surface area contributed by atoms with Crippen LogP contribution >= 0.6 is 0 Å². The van der Waals surface area contributed by atoms with Crippen molar-refractivity contribution in [3.63, 3.8) is 0 Å². The number of methoxy groups -OCH3 is 1. The molecule has 1 heterocycles. The van der Waals surface area contributed by atoms with E-state index in [2.05, 4.69) is 21.3 Å². The molecule has 1 amide bonds. The van der Waals surface area contributed by atoms with Crippen molar-refractivity contribution in [2.45, 2.75) is 65.3 Å². The smallest absolute Gasteiger partial charge is 0.233 e. The normalized spacial score (nSPS) is 15.4. The first-order valence-corrected chi connectivity index (χ1v) is 13.4. The Morgan fingerprint density at radius 2 is 2.09 bits per heavy atom. The number of carbonyl (C=O) groups excluding carboxylic acids is 1. The number of sulfonamides is 1. The van der Waals surface area contributed by atoms with Crippen LogP contribution in [0, 0.1) is 6.92 Å². The fourth-order valence-corrected chi connectivity index (χ4v) is 5.30. The summed E-state index contributed by atoms with van der Waals surface area (Å²) in [5.74, 6) is 0.526. The lowest BCUT2D eigenvalue weighted by atomic mass is 10.1. The molecule has 1 aromatic rings. The van der Waals surface area contributed by atoms with Crippen LogP contribution < -0.4 is 15.4 Å². The van der Waals surface area contributed by atoms with Gasteiger partial charge in [-0.1, -0.05) is 44.9 Å². The summed E-state index contributed by atoms with van der Waals surface area (Å²) in [5.41, 5.74) is 9.00. The first kappa shape index (κ1) is 28.1. The zero-order valence-electron chi connectivity index (χ0n) is 21.1. The van der Waals surface area contributed by atoms with E-state index in [1.807, 2.05) is 19.9 Å². The molecule has 0 saturated heterocycles. The van der Waals surface area contributed by atoms with E-state index in [-0.39, 0.29) is 23.4 Å². The number of nitrogen functional groups attached to an aromatic ring is 1. The van der Waals surface area contributed by atoms with Gasteiger partial charge in [0.05, 0.1) is 24.2 Å². The fraction of sp³-hybridized carbons (Fsp3) is 0.480. The first-order chi connectivity index (χ1) is 16.6. The van der Waals surface area contributed by atoms with Gasteiger partial charge in [-0.15, -0.1) is 0 Å². The van der Waals surface area contributed by atoms with E-state index in [9.17, 15) is 13.2 Å². The zero-order chi connectivity index (χ0) is 26.0. The van der Waals surface area contributed by atoms with Gasteiger partial charge in [0.25, 0.3) is 0 Å². The van der Waals surface area contributed by atoms with E-state index >= 15 is 0 Å². The highest BCUT2D eigenvalue weighted by Crippen LogP contribution is 2.32. The van der Waals surface area contributed by atoms with E-state index in [4.69, 9.17) is 10.5 Å². The number of carbonyl (C=O) groups is 1. The quantitative estimate of drug-likeness (QED) is 0.181. The Morgan fingerprint density at radius 3 is 2.69 bits per heavy atom. The number of pyridine rings is 1. The minimum Gasteiger partial charge on any atom is -0.480 e. The number of aryl methyl sites for hydroxylation is 1. The predicted octanol–water partition coefficient (Wildman–Crippen LogP) is 4.07. The lowest BCUT2D eigenvalue weighted by molar-refractivity contribution is -0.107. The van der Waals surface area contributed by atoms with Crippen LogP contribution in [0.15, 0.2) is 40.9 Å². The van der Waals surface area contributed by atoms with Gasteiger partial charge in [0, 0.05) is 29.6 Å². The number of nitrogens with one attached hydrogen (secondary N) is 1. The molecule has 10 heteroatoms. The fourth-order valence-electron chi connectivity index (χ4n) is 3.97. The van der Waals surface area contributed by atoms with Crippen molar-refractivity contribution in [2.75, 3.05) is 23.5 Å². The number of aliphatic imine (C=N–C) groups is 1. The van der Waals surface area contributed by atoms with Crippen LogP contribution in [0.1, 0.15) is 63.6 Å². The largest absolute Gasteiger partial charge is 0.480 e. The van der Waals surface area contributed by atoms with E-state index < -0.39 is 10.0 Å². The lowest BCUT2D eigenvalue weighted by Gasteiger charge is -2.27. The number of amides is 1. The molecular formula is C25H37N5O4S. The molecule has 9 nitrogen and oxygen atoms in total. The number of rotatable bonds is 13. The van der Waals surface area contributed by atoms with Crippen LogP contribution in [0.3, 0.4) is 0 Å². The summed E-state index contributed by atoms with van der Waals surface area (Å²) >= 11 is 0. The molecule has 0 radical (unpaired) electrons. The first-order valence-electron chi connectivity index (χ1n) is 11.8. The minimum atomic E-state index is -3.46. The van der Waals surface area contributed by atoms with Crippen molar-refractivity contribution in [3.05, 3.63) is 47.1 Å². The second kappa shape index (κ2) is 13.1. The molecule has 35 heavy (non-hydrogen) atoms. The molecular weight excluding hydrogens is 466 g/mol. The third-order valence-electron chi connectivity index (χ3n) is 5.76. The second-order valence-corrected chi connectivity index (χ2v) is 10.4. The van der Waals surface area contributed by atoms with Crippen molar-refractivity contribution in [1.29, 1.82) is 0 Å². The molecule has 1 aliphatic rings. The average Bonchev–Trinajstić information content (AvgIpc) is 3.32. The SMILES string of the molecule is C=C(/C=N\C(OC)=C(/C)NS(=O)(=O)CCCC)/C=C/c1c(N(C=O)C2CCCC2)cc(N)nc1C. The van der Waals surface area contributed by atoms with Gasteiger partial charge in [-0.05, 0) is 38.7 Å². The Morgan fingerprint density at radius 1 is 1.40 bits per heavy atom. The number of anilines is 2. The van der Waals surface area contributed by atoms with E-state index in [1.54, 1.807) is 24.0 Å². The molecule has 1 aliphatic carbocycles. The molecule has 0 unspecified atom stereocenters. The molecule has 1 saturated carbocycles. The molecule has 0 bridgehead atoms. The Bertz CT molecular complexity index is 1100. The Labute approximate surface area is 208 Å². The monoisotopic (exact) mass is 503 g/mol. The third-order valence-corrected chi connectivity index (χ3v) is 7.20. The molecule has 2 rings (SSSR count). The molecule has 1 aromatic heterocycles. The summed E-state index contributed by atoms with van der Waals surface area (Å²) in [6, 6.07) is 1.86. The molecule has 0 atom stereocenters. The van der Waals surface area contributed by atoms with Crippen molar-refractivity contribution in [2.24, 2.45) is 4.99 Å². The second-order valence-electron chi connectivity index (χ2n) is 8.59. The highest BCUT2D eigenvalue weighted by molar-refractivity contribution is 7.89. The van der Waals surface area contributed by atoms with Crippen LogP contribution in [0.2, 0.25) is 0 Å². The zero-order valence-corrected chi connectivity index (χ0v) is 21.9. The Kier molecular flexibility index (Phi) is 10.5. The maximum Gasteiger partial charge on any atom is 0.233 e. The van der Waals surface area contributed by atoms with Crippen LogP contribution in [0.4, 0.5) is 11.5 Å². The van der Waals surface area contributed by atoms with Gasteiger partial charge >= 0.3 is 0 Å². The van der Waals surface area contributed by atoms with Gasteiger partial charge in [-0.2, -0.15) is 0 Å². The maximum absolute atomic E-state index is 12.2. The highest BCUT2D eigenvalue weighted by Gasteiger charge is 2.25.